The molecule has 27 heavy (non-hydrogen) atoms. The molecule has 1 heterocycles. The molecule has 3 rings (SSSR count). The van der Waals surface area contributed by atoms with Gasteiger partial charge in [0.15, 0.2) is 0 Å². The zero-order chi connectivity index (χ0) is 19.2. The van der Waals surface area contributed by atoms with Gasteiger partial charge in [0.25, 0.3) is 0 Å². The maximum atomic E-state index is 13.0. The topological polar surface area (TPSA) is 35.6 Å². The lowest BCUT2D eigenvalue weighted by molar-refractivity contribution is -0.117. The highest BCUT2D eigenvalue weighted by Crippen LogP contribution is 2.29. The molecule has 7 heteroatoms. The first-order chi connectivity index (χ1) is 13.0. The van der Waals surface area contributed by atoms with E-state index in [9.17, 15) is 9.18 Å². The Morgan fingerprint density at radius 3 is 2.48 bits per heavy atom. The fourth-order valence-corrected chi connectivity index (χ4v) is 3.53. The van der Waals surface area contributed by atoms with Crippen LogP contribution in [0.15, 0.2) is 42.5 Å². The van der Waals surface area contributed by atoms with E-state index in [1.165, 1.54) is 12.1 Å². The number of benzene rings is 2. The van der Waals surface area contributed by atoms with Gasteiger partial charge >= 0.3 is 0 Å². The van der Waals surface area contributed by atoms with E-state index in [-0.39, 0.29) is 11.7 Å². The number of halogens is 3. The van der Waals surface area contributed by atoms with E-state index in [0.717, 1.165) is 44.7 Å². The van der Waals surface area contributed by atoms with Gasteiger partial charge in [-0.15, -0.1) is 0 Å². The summed E-state index contributed by atoms with van der Waals surface area (Å²) in [6.45, 7) is 4.58. The zero-order valence-electron chi connectivity index (χ0n) is 14.9. The Balaban J connectivity index is 1.49. The molecule has 0 atom stereocenters. The number of anilines is 1. The number of hydrogen-bond acceptors (Lipinski definition) is 3. The Kier molecular flexibility index (Phi) is 7.07. The highest BCUT2D eigenvalue weighted by atomic mass is 35.5. The lowest BCUT2D eigenvalue weighted by atomic mass is 10.2. The average Bonchev–Trinajstić information content (AvgIpc) is 2.86. The molecule has 1 saturated heterocycles. The fraction of sp³-hybridized carbons (Fsp3) is 0.350. The SMILES string of the molecule is O=C(CN1CCCN(Cc2ccc(F)cc2)CC1)Nc1cccc(Cl)c1Cl. The van der Waals surface area contributed by atoms with Crippen molar-refractivity contribution in [3.63, 3.8) is 0 Å². The van der Waals surface area contributed by atoms with Gasteiger partial charge in [-0.05, 0) is 49.3 Å². The summed E-state index contributed by atoms with van der Waals surface area (Å²) in [6.07, 6.45) is 0.979. The van der Waals surface area contributed by atoms with Crippen LogP contribution in [0, 0.1) is 5.82 Å². The van der Waals surface area contributed by atoms with Gasteiger partial charge in [-0.2, -0.15) is 0 Å². The largest absolute Gasteiger partial charge is 0.324 e. The van der Waals surface area contributed by atoms with E-state index >= 15 is 0 Å². The van der Waals surface area contributed by atoms with Crippen LogP contribution in [0.25, 0.3) is 0 Å². The van der Waals surface area contributed by atoms with E-state index in [4.69, 9.17) is 23.2 Å². The van der Waals surface area contributed by atoms with Gasteiger partial charge < -0.3 is 5.32 Å². The molecule has 0 saturated carbocycles. The molecule has 0 radical (unpaired) electrons. The van der Waals surface area contributed by atoms with Crippen LogP contribution in [0.5, 0.6) is 0 Å². The van der Waals surface area contributed by atoms with Crippen molar-refractivity contribution in [2.45, 2.75) is 13.0 Å². The summed E-state index contributed by atoms with van der Waals surface area (Å²) in [5.41, 5.74) is 1.63. The van der Waals surface area contributed by atoms with Crippen molar-refractivity contribution >= 4 is 34.8 Å². The summed E-state index contributed by atoms with van der Waals surface area (Å²) in [4.78, 5) is 16.8. The Labute approximate surface area is 168 Å². The van der Waals surface area contributed by atoms with Crippen molar-refractivity contribution in [1.82, 2.24) is 9.80 Å². The first kappa shape index (κ1) is 20.1. The molecule has 0 aliphatic carbocycles. The first-order valence-electron chi connectivity index (χ1n) is 8.94. The van der Waals surface area contributed by atoms with Crippen LogP contribution < -0.4 is 5.32 Å². The molecule has 1 aliphatic heterocycles. The number of nitrogens with zero attached hydrogens (tertiary/aromatic N) is 2. The molecule has 1 N–H and O–H groups in total. The minimum atomic E-state index is -0.216. The summed E-state index contributed by atoms with van der Waals surface area (Å²) in [6, 6.07) is 11.8. The van der Waals surface area contributed by atoms with Crippen LogP contribution in [0.3, 0.4) is 0 Å². The second-order valence-electron chi connectivity index (χ2n) is 6.68. The molecule has 1 aliphatic rings. The maximum absolute atomic E-state index is 13.0. The van der Waals surface area contributed by atoms with Gasteiger partial charge in [0.2, 0.25) is 5.91 Å². The summed E-state index contributed by atoms with van der Waals surface area (Å²) in [5, 5.41) is 3.60. The molecular weight excluding hydrogens is 388 g/mol. The lowest BCUT2D eigenvalue weighted by Crippen LogP contribution is -2.36. The lowest BCUT2D eigenvalue weighted by Gasteiger charge is -2.21. The molecule has 0 spiro atoms. The molecule has 2 aromatic carbocycles. The third-order valence-corrected chi connectivity index (χ3v) is 5.41. The van der Waals surface area contributed by atoms with Crippen LogP contribution >= 0.6 is 23.2 Å². The number of carbonyl (C=O) groups is 1. The predicted molar refractivity (Wildman–Crippen MR) is 108 cm³/mol. The standard InChI is InChI=1S/C20H22Cl2FN3O/c21-17-3-1-4-18(20(17)22)24-19(27)14-26-10-2-9-25(11-12-26)13-15-5-7-16(23)8-6-15/h1,3-8H,2,9-14H2,(H,24,27). The summed E-state index contributed by atoms with van der Waals surface area (Å²) in [7, 11) is 0. The van der Waals surface area contributed by atoms with Crippen LogP contribution in [0.4, 0.5) is 10.1 Å². The quantitative estimate of drug-likeness (QED) is 0.800. The normalized spacial score (nSPS) is 16.1. The molecule has 0 aromatic heterocycles. The molecule has 1 fully saturated rings. The Morgan fingerprint density at radius 2 is 1.70 bits per heavy atom. The van der Waals surface area contributed by atoms with Crippen molar-refractivity contribution in [2.24, 2.45) is 0 Å². The third-order valence-electron chi connectivity index (χ3n) is 4.59. The minimum Gasteiger partial charge on any atom is -0.324 e. The minimum absolute atomic E-state index is 0.105. The fourth-order valence-electron chi connectivity index (χ4n) is 3.18. The zero-order valence-corrected chi connectivity index (χ0v) is 16.4. The Hall–Kier alpha value is -1.66. The first-order valence-corrected chi connectivity index (χ1v) is 9.70. The monoisotopic (exact) mass is 409 g/mol. The maximum Gasteiger partial charge on any atom is 0.238 e. The van der Waals surface area contributed by atoms with Gasteiger partial charge in [0, 0.05) is 19.6 Å². The number of nitrogens with one attached hydrogen (secondary N) is 1. The second kappa shape index (κ2) is 9.51. The highest BCUT2D eigenvalue weighted by Gasteiger charge is 2.18. The number of carbonyl (C=O) groups excluding carboxylic acids is 1. The number of hydrogen-bond donors (Lipinski definition) is 1. The Morgan fingerprint density at radius 1 is 1.00 bits per heavy atom. The third kappa shape index (κ3) is 5.91. The van der Waals surface area contributed by atoms with Gasteiger partial charge in [0.05, 0.1) is 22.3 Å². The van der Waals surface area contributed by atoms with Crippen molar-refractivity contribution < 1.29 is 9.18 Å². The van der Waals surface area contributed by atoms with Gasteiger partial charge in [-0.1, -0.05) is 41.4 Å². The van der Waals surface area contributed by atoms with Gasteiger partial charge in [-0.3, -0.25) is 14.6 Å². The van der Waals surface area contributed by atoms with E-state index < -0.39 is 0 Å². The van der Waals surface area contributed by atoms with Crippen LogP contribution in [-0.4, -0.2) is 48.4 Å². The molecule has 0 unspecified atom stereocenters. The van der Waals surface area contributed by atoms with Gasteiger partial charge in [0.1, 0.15) is 5.82 Å². The van der Waals surface area contributed by atoms with Crippen LogP contribution in [0.2, 0.25) is 10.0 Å². The van der Waals surface area contributed by atoms with E-state index in [1.807, 2.05) is 12.1 Å². The molecule has 0 bridgehead atoms. The summed E-state index contributed by atoms with van der Waals surface area (Å²) >= 11 is 12.1. The van der Waals surface area contributed by atoms with Crippen LogP contribution in [0.1, 0.15) is 12.0 Å². The van der Waals surface area contributed by atoms with E-state index in [2.05, 4.69) is 15.1 Å². The molecule has 2 aromatic rings. The predicted octanol–water partition coefficient (Wildman–Crippen LogP) is 4.28. The van der Waals surface area contributed by atoms with E-state index in [0.29, 0.717) is 22.3 Å². The van der Waals surface area contributed by atoms with Crippen molar-refractivity contribution in [2.75, 3.05) is 38.0 Å². The molecule has 1 amide bonds. The molecule has 144 valence electrons. The number of amides is 1. The van der Waals surface area contributed by atoms with E-state index in [1.54, 1.807) is 18.2 Å². The smallest absolute Gasteiger partial charge is 0.238 e. The van der Waals surface area contributed by atoms with Crippen molar-refractivity contribution in [1.29, 1.82) is 0 Å². The second-order valence-corrected chi connectivity index (χ2v) is 7.47. The molecule has 4 nitrogen and oxygen atoms in total. The van der Waals surface area contributed by atoms with Crippen molar-refractivity contribution in [3.8, 4) is 0 Å². The highest BCUT2D eigenvalue weighted by molar-refractivity contribution is 6.43. The van der Waals surface area contributed by atoms with Gasteiger partial charge in [-0.25, -0.2) is 4.39 Å². The summed E-state index contributed by atoms with van der Waals surface area (Å²) in [5.74, 6) is -0.322. The summed E-state index contributed by atoms with van der Waals surface area (Å²) < 4.78 is 13.0. The van der Waals surface area contributed by atoms with Crippen LogP contribution in [-0.2, 0) is 11.3 Å². The number of rotatable bonds is 5. The van der Waals surface area contributed by atoms with Crippen molar-refractivity contribution in [3.05, 3.63) is 63.9 Å². The average molecular weight is 410 g/mol. The molecular formula is C20H22Cl2FN3O. The Bertz CT molecular complexity index is 785.